The molecule has 0 radical (unpaired) electrons. The number of hydrogen-bond donors (Lipinski definition) is 6. The molecule has 2 aromatic rings. The second kappa shape index (κ2) is 80.0. The summed E-state index contributed by atoms with van der Waals surface area (Å²) < 4.78 is 73.2. The molecule has 30 heteroatoms. The maximum Gasteiger partial charge on any atom is 0.277 e. The smallest absolute Gasteiger partial charge is 0.277 e. The number of hydrogen-bond acceptors (Lipinski definition) is 23. The monoisotopic (exact) mass is 1640 g/mol. The van der Waals surface area contributed by atoms with Crippen molar-refractivity contribution in [2.45, 2.75) is 244 Å². The van der Waals surface area contributed by atoms with E-state index in [1.165, 1.54) is 153 Å². The number of benzene rings is 1. The Kier molecular flexibility index (Phi) is 73.4. The number of aromatic nitrogens is 2. The van der Waals surface area contributed by atoms with Gasteiger partial charge in [0.2, 0.25) is 41.3 Å². The minimum Gasteiger partial charge on any atom is -0.411 e. The molecule has 0 saturated carbocycles. The maximum atomic E-state index is 13.8. The van der Waals surface area contributed by atoms with Gasteiger partial charge in [-0.1, -0.05) is 194 Å². The van der Waals surface area contributed by atoms with Crippen LogP contribution in [-0.4, -0.2) is 273 Å². The molecule has 1 heterocycles. The first-order chi connectivity index (χ1) is 55.9. The molecule has 1 aromatic heterocycles. The first kappa shape index (κ1) is 105. The van der Waals surface area contributed by atoms with Crippen LogP contribution in [0.25, 0.3) is 11.5 Å². The van der Waals surface area contributed by atoms with E-state index in [4.69, 9.17) is 61.3 Å². The van der Waals surface area contributed by atoms with E-state index in [-0.39, 0.29) is 125 Å². The highest BCUT2D eigenvalue weighted by molar-refractivity contribution is 7.99. The van der Waals surface area contributed by atoms with Crippen LogP contribution < -0.4 is 31.9 Å². The lowest BCUT2D eigenvalue weighted by Crippen LogP contribution is -2.37. The zero-order valence-corrected chi connectivity index (χ0v) is 71.4. The average Bonchev–Trinajstić information content (AvgIpc) is 1.64. The molecular formula is C84H151N9O20S. The van der Waals surface area contributed by atoms with Crippen molar-refractivity contribution in [2.24, 2.45) is 0 Å². The summed E-state index contributed by atoms with van der Waals surface area (Å²) in [4.78, 5) is 88.5. The van der Waals surface area contributed by atoms with Gasteiger partial charge in [0.15, 0.2) is 0 Å². The Bertz CT molecular complexity index is 2480. The fraction of sp³-hybridized carbons (Fsp3) is 0.821. The van der Waals surface area contributed by atoms with Crippen molar-refractivity contribution in [1.29, 1.82) is 0 Å². The van der Waals surface area contributed by atoms with Gasteiger partial charge >= 0.3 is 0 Å². The SMILES string of the molecule is CCCCCCCCCCCCCCCC(=O)NCCOCCNC(=O)CCOCCNC(=O)CCOCCOCCOCCOCCN(CCOCCOCCOCCOCCC(=O)NCCOCCC(=O)NCCOCCNC(=O)CCCCCCCCCCCCCCC)C(=O)c1ccc(-c2nnc(SC(C)C)o2)cc1. The maximum absolute atomic E-state index is 13.8. The highest BCUT2D eigenvalue weighted by Gasteiger charge is 2.18. The molecule has 0 aliphatic heterocycles. The van der Waals surface area contributed by atoms with Gasteiger partial charge in [-0.3, -0.25) is 33.6 Å². The standard InChI is InChI=1S/C84H151N9O20S/c1-5-7-9-11-13-15-17-19-21-23-25-27-29-31-76(94)85-43-55-105-57-45-89-78(96)37-49-101-53-41-87-80(98)39-51-103-61-65-109-69-71-111-67-63-107-59-47-93(83(100)75-35-33-74(34-36-75)82-91-92-84(113-82)114-73(3)4)48-60-108-64-68-112-72-70-110-66-62-104-52-40-81(99)88-42-54-102-50-38-79(97)90-46-58-106-56-44-86-77(95)32-30-28-26-24-22-20-18-16-14-12-10-8-6-2/h33-36,73H,5-32,37-72H2,1-4H3,(H,85,94)(H,86,95)(H,87,98)(H,88,99)(H,89,96)(H,90,97). The number of unbranched alkanes of at least 4 members (excludes halogenated alkanes) is 24. The van der Waals surface area contributed by atoms with Gasteiger partial charge in [0.05, 0.1) is 159 Å². The molecule has 2 rings (SSSR count). The highest BCUT2D eigenvalue weighted by atomic mass is 32.2. The summed E-state index contributed by atoms with van der Waals surface area (Å²) in [7, 11) is 0. The third kappa shape index (κ3) is 68.6. The molecule has 0 spiro atoms. The van der Waals surface area contributed by atoms with Gasteiger partial charge in [0.25, 0.3) is 11.1 Å². The van der Waals surface area contributed by atoms with E-state index < -0.39 is 0 Å². The number of nitrogens with zero attached hydrogens (tertiary/aromatic N) is 3. The zero-order chi connectivity index (χ0) is 82.1. The number of thioether (sulfide) groups is 1. The Labute approximate surface area is 687 Å². The summed E-state index contributed by atoms with van der Waals surface area (Å²) in [6.45, 7) is 18.9. The van der Waals surface area contributed by atoms with Crippen molar-refractivity contribution in [3.8, 4) is 11.5 Å². The van der Waals surface area contributed by atoms with Crippen molar-refractivity contribution in [3.05, 3.63) is 29.8 Å². The lowest BCUT2D eigenvalue weighted by atomic mass is 10.0. The summed E-state index contributed by atoms with van der Waals surface area (Å²) in [5.41, 5.74) is 1.17. The summed E-state index contributed by atoms with van der Waals surface area (Å²) >= 11 is 1.47. The van der Waals surface area contributed by atoms with Gasteiger partial charge in [-0.25, -0.2) is 0 Å². The van der Waals surface area contributed by atoms with Crippen LogP contribution in [0.3, 0.4) is 0 Å². The Morgan fingerprint density at radius 1 is 0.316 bits per heavy atom. The molecule has 29 nitrogen and oxygen atoms in total. The van der Waals surface area contributed by atoms with E-state index in [0.29, 0.717) is 193 Å². The van der Waals surface area contributed by atoms with Gasteiger partial charge < -0.3 is 98.1 Å². The Morgan fingerprint density at radius 2 is 0.561 bits per heavy atom. The van der Waals surface area contributed by atoms with Crippen LogP contribution in [-0.2, 0) is 85.6 Å². The fourth-order valence-electron chi connectivity index (χ4n) is 11.5. The number of carbonyl (C=O) groups is 7. The topological polar surface area (TPSA) is 345 Å². The van der Waals surface area contributed by atoms with E-state index >= 15 is 0 Å². The second-order valence-corrected chi connectivity index (χ2v) is 29.9. The van der Waals surface area contributed by atoms with E-state index in [2.05, 4.69) is 55.9 Å². The molecule has 0 atom stereocenters. The molecule has 1 aromatic carbocycles. The lowest BCUT2D eigenvalue weighted by Gasteiger charge is -2.23. The molecule has 114 heavy (non-hydrogen) atoms. The van der Waals surface area contributed by atoms with Crippen LogP contribution >= 0.6 is 11.8 Å². The van der Waals surface area contributed by atoms with Crippen LogP contribution in [0.5, 0.6) is 0 Å². The minimum atomic E-state index is -0.195. The molecule has 0 unspecified atom stereocenters. The van der Waals surface area contributed by atoms with Gasteiger partial charge in [-0.2, -0.15) is 0 Å². The van der Waals surface area contributed by atoms with E-state index in [9.17, 15) is 33.6 Å². The average molecular weight is 1640 g/mol. The number of nitrogens with one attached hydrogen (secondary N) is 6. The number of carbonyl (C=O) groups excluding carboxylic acids is 7. The zero-order valence-electron chi connectivity index (χ0n) is 70.6. The van der Waals surface area contributed by atoms with Crippen LogP contribution in [0.4, 0.5) is 0 Å². The lowest BCUT2D eigenvalue weighted by molar-refractivity contribution is -0.124. The van der Waals surface area contributed by atoms with Gasteiger partial charge in [-0.05, 0) is 37.1 Å². The van der Waals surface area contributed by atoms with Crippen LogP contribution in [0.2, 0.25) is 0 Å². The minimum absolute atomic E-state index is 0.0564. The molecule has 0 saturated heterocycles. The molecule has 7 amide bonds. The quantitative estimate of drug-likeness (QED) is 0.0265. The summed E-state index contributed by atoms with van der Waals surface area (Å²) in [6, 6.07) is 7.02. The first-order valence-corrected chi connectivity index (χ1v) is 44.2. The van der Waals surface area contributed by atoms with Crippen molar-refractivity contribution in [2.75, 3.05) is 211 Å². The Morgan fingerprint density at radius 3 is 0.851 bits per heavy atom. The normalized spacial score (nSPS) is 11.4. The fourth-order valence-corrected chi connectivity index (χ4v) is 12.1. The predicted molar refractivity (Wildman–Crippen MR) is 444 cm³/mol. The predicted octanol–water partition coefficient (Wildman–Crippen LogP) is 11.1. The third-order valence-corrected chi connectivity index (χ3v) is 18.8. The first-order valence-electron chi connectivity index (χ1n) is 43.3. The van der Waals surface area contributed by atoms with Crippen LogP contribution in [0.15, 0.2) is 33.9 Å². The largest absolute Gasteiger partial charge is 0.411 e. The molecule has 0 fully saturated rings. The van der Waals surface area contributed by atoms with E-state index in [1.807, 2.05) is 13.8 Å². The number of rotatable bonds is 86. The van der Waals surface area contributed by atoms with Crippen molar-refractivity contribution < 1.29 is 94.8 Å². The van der Waals surface area contributed by atoms with Gasteiger partial charge in [0.1, 0.15) is 0 Å². The molecular weight excluding hydrogens is 1490 g/mol. The van der Waals surface area contributed by atoms with Gasteiger partial charge in [-0.15, -0.1) is 10.2 Å². The molecule has 0 aliphatic carbocycles. The molecule has 0 bridgehead atoms. The molecule has 6 N–H and O–H groups in total. The number of amides is 7. The van der Waals surface area contributed by atoms with Gasteiger partial charge in [0, 0.05) is 107 Å². The van der Waals surface area contributed by atoms with E-state index in [1.54, 1.807) is 29.2 Å². The highest BCUT2D eigenvalue weighted by Crippen LogP contribution is 2.26. The number of ether oxygens (including phenoxy) is 12. The van der Waals surface area contributed by atoms with Crippen molar-refractivity contribution >= 4 is 53.1 Å². The Hall–Kier alpha value is -5.48. The summed E-state index contributed by atoms with van der Waals surface area (Å²) in [6.07, 6.45) is 35.0. The van der Waals surface area contributed by atoms with Crippen LogP contribution in [0, 0.1) is 0 Å². The van der Waals surface area contributed by atoms with Crippen LogP contribution in [0.1, 0.15) is 244 Å². The summed E-state index contributed by atoms with van der Waals surface area (Å²) in [5.74, 6) is -0.356. The molecule has 0 aliphatic rings. The second-order valence-electron chi connectivity index (χ2n) is 28.3. The third-order valence-electron chi connectivity index (χ3n) is 18.0. The summed E-state index contributed by atoms with van der Waals surface area (Å²) in [5, 5.41) is 26.0. The van der Waals surface area contributed by atoms with E-state index in [0.717, 1.165) is 25.7 Å². The van der Waals surface area contributed by atoms with Crippen molar-refractivity contribution in [3.63, 3.8) is 0 Å². The van der Waals surface area contributed by atoms with Crippen molar-refractivity contribution in [1.82, 2.24) is 47.0 Å². The molecule has 658 valence electrons. The Balaban J connectivity index is 1.43.